The summed E-state index contributed by atoms with van der Waals surface area (Å²) in [6.45, 7) is 2.20. The number of rotatable bonds is 2. The van der Waals surface area contributed by atoms with Crippen LogP contribution in [0.5, 0.6) is 0 Å². The molecule has 3 nitrogen and oxygen atoms in total. The number of esters is 1. The van der Waals surface area contributed by atoms with Crippen molar-refractivity contribution in [3.05, 3.63) is 16.0 Å². The van der Waals surface area contributed by atoms with E-state index < -0.39 is 0 Å². The first-order valence-electron chi connectivity index (χ1n) is 5.65. The molecule has 2 rings (SSSR count). The van der Waals surface area contributed by atoms with E-state index in [1.807, 2.05) is 0 Å². The summed E-state index contributed by atoms with van der Waals surface area (Å²) in [7, 11) is 1.41. The molecule has 1 aliphatic rings. The Balaban J connectivity index is 2.39. The number of thiophene rings is 1. The van der Waals surface area contributed by atoms with E-state index in [0.29, 0.717) is 16.5 Å². The largest absolute Gasteiger partial charge is 0.465 e. The van der Waals surface area contributed by atoms with Gasteiger partial charge in [0.1, 0.15) is 5.00 Å². The van der Waals surface area contributed by atoms with Crippen LogP contribution in [0.25, 0.3) is 0 Å². The predicted molar refractivity (Wildman–Crippen MR) is 65.9 cm³/mol. The molecule has 0 fully saturated rings. The zero-order valence-corrected chi connectivity index (χ0v) is 10.5. The summed E-state index contributed by atoms with van der Waals surface area (Å²) in [4.78, 5) is 12.9. The molecule has 2 N–H and O–H groups in total. The fraction of sp³-hybridized carbons (Fsp3) is 0.583. The maximum atomic E-state index is 11.7. The van der Waals surface area contributed by atoms with Gasteiger partial charge in [-0.3, -0.25) is 0 Å². The fourth-order valence-electron chi connectivity index (χ4n) is 2.35. The van der Waals surface area contributed by atoms with E-state index in [4.69, 9.17) is 10.5 Å². The quantitative estimate of drug-likeness (QED) is 0.807. The van der Waals surface area contributed by atoms with E-state index in [-0.39, 0.29) is 5.97 Å². The van der Waals surface area contributed by atoms with Crippen LogP contribution in [-0.4, -0.2) is 13.1 Å². The number of methoxy groups -OCH3 is 1. The van der Waals surface area contributed by atoms with Gasteiger partial charge in [0.15, 0.2) is 0 Å². The maximum Gasteiger partial charge on any atom is 0.341 e. The minimum absolute atomic E-state index is 0.285. The van der Waals surface area contributed by atoms with Crippen LogP contribution in [0.2, 0.25) is 0 Å². The Labute approximate surface area is 99.6 Å². The summed E-state index contributed by atoms with van der Waals surface area (Å²) in [5.74, 6) is 0.400. The highest BCUT2D eigenvalue weighted by Crippen LogP contribution is 2.39. The average Bonchev–Trinajstić information content (AvgIpc) is 2.63. The first kappa shape index (κ1) is 11.5. The third-order valence-electron chi connectivity index (χ3n) is 3.36. The molecule has 88 valence electrons. The highest BCUT2D eigenvalue weighted by atomic mass is 32.1. The van der Waals surface area contributed by atoms with Crippen molar-refractivity contribution in [2.24, 2.45) is 5.92 Å². The van der Waals surface area contributed by atoms with Crippen molar-refractivity contribution in [3.8, 4) is 0 Å². The molecule has 0 amide bonds. The fourth-order valence-corrected chi connectivity index (χ4v) is 3.45. The normalized spacial score (nSPS) is 19.2. The molecule has 0 aromatic carbocycles. The summed E-state index contributed by atoms with van der Waals surface area (Å²) in [5, 5.41) is 0.619. The number of anilines is 1. The second kappa shape index (κ2) is 4.45. The van der Waals surface area contributed by atoms with Gasteiger partial charge in [0.2, 0.25) is 0 Å². The van der Waals surface area contributed by atoms with Gasteiger partial charge in [-0.2, -0.15) is 0 Å². The van der Waals surface area contributed by atoms with E-state index in [1.165, 1.54) is 18.4 Å². The van der Waals surface area contributed by atoms with E-state index >= 15 is 0 Å². The van der Waals surface area contributed by atoms with Crippen LogP contribution < -0.4 is 5.73 Å². The monoisotopic (exact) mass is 239 g/mol. The molecule has 0 spiro atoms. The highest BCUT2D eigenvalue weighted by Gasteiger charge is 2.27. The Kier molecular flexibility index (Phi) is 3.19. The number of nitrogens with two attached hydrogens (primary N) is 1. The molecule has 0 saturated carbocycles. The lowest BCUT2D eigenvalue weighted by Gasteiger charge is -2.21. The smallest absolute Gasteiger partial charge is 0.341 e. The lowest BCUT2D eigenvalue weighted by atomic mass is 9.85. The summed E-state index contributed by atoms with van der Waals surface area (Å²) in [6.07, 6.45) is 4.41. The van der Waals surface area contributed by atoms with E-state index in [9.17, 15) is 4.79 Å². The lowest BCUT2D eigenvalue weighted by molar-refractivity contribution is 0.0600. The number of nitrogen functional groups attached to an aromatic ring is 1. The minimum Gasteiger partial charge on any atom is -0.465 e. The number of carbonyl (C=O) groups is 1. The van der Waals surface area contributed by atoms with Crippen LogP contribution in [0.4, 0.5) is 5.00 Å². The number of fused-ring (bicyclic) bond motifs is 1. The van der Waals surface area contributed by atoms with Gasteiger partial charge in [0.25, 0.3) is 0 Å². The standard InChI is InChI=1S/C12H17NO2S/c1-3-7-4-5-9-8(6-7)10(11(13)16-9)12(14)15-2/h7H,3-6,13H2,1-2H3. The van der Waals surface area contributed by atoms with Gasteiger partial charge in [-0.1, -0.05) is 13.3 Å². The molecule has 16 heavy (non-hydrogen) atoms. The molecule has 1 aliphatic carbocycles. The van der Waals surface area contributed by atoms with Crippen LogP contribution in [0.1, 0.15) is 40.6 Å². The molecule has 1 heterocycles. The second-order valence-electron chi connectivity index (χ2n) is 4.25. The molecule has 0 bridgehead atoms. The maximum absolute atomic E-state index is 11.7. The highest BCUT2D eigenvalue weighted by molar-refractivity contribution is 7.16. The Morgan fingerprint density at radius 1 is 1.62 bits per heavy atom. The Morgan fingerprint density at radius 3 is 3.00 bits per heavy atom. The van der Waals surface area contributed by atoms with Gasteiger partial charge in [-0.15, -0.1) is 11.3 Å². The van der Waals surface area contributed by atoms with Gasteiger partial charge >= 0.3 is 5.97 Å². The van der Waals surface area contributed by atoms with Gasteiger partial charge in [-0.05, 0) is 30.7 Å². The van der Waals surface area contributed by atoms with Gasteiger partial charge in [0, 0.05) is 4.88 Å². The van der Waals surface area contributed by atoms with Crippen molar-refractivity contribution in [3.63, 3.8) is 0 Å². The molecule has 1 aromatic rings. The van der Waals surface area contributed by atoms with Crippen molar-refractivity contribution in [1.29, 1.82) is 0 Å². The third kappa shape index (κ3) is 1.82. The van der Waals surface area contributed by atoms with Gasteiger partial charge in [0.05, 0.1) is 12.7 Å². The number of hydrogen-bond acceptors (Lipinski definition) is 4. The SMILES string of the molecule is CCC1CCc2sc(N)c(C(=O)OC)c2C1. The molecular formula is C12H17NO2S. The molecule has 1 atom stereocenters. The van der Waals surface area contributed by atoms with Gasteiger partial charge < -0.3 is 10.5 Å². The number of hydrogen-bond donors (Lipinski definition) is 1. The number of ether oxygens (including phenoxy) is 1. The van der Waals surface area contributed by atoms with E-state index in [0.717, 1.165) is 24.8 Å². The predicted octanol–water partition coefficient (Wildman–Crippen LogP) is 2.63. The number of aryl methyl sites for hydroxylation is 1. The summed E-state index contributed by atoms with van der Waals surface area (Å²) in [5.41, 5.74) is 7.67. The van der Waals surface area contributed by atoms with Crippen LogP contribution in [0, 0.1) is 5.92 Å². The van der Waals surface area contributed by atoms with E-state index in [2.05, 4.69) is 6.92 Å². The summed E-state index contributed by atoms with van der Waals surface area (Å²) < 4.78 is 4.80. The van der Waals surface area contributed by atoms with Crippen LogP contribution >= 0.6 is 11.3 Å². The topological polar surface area (TPSA) is 52.3 Å². The van der Waals surface area contributed by atoms with Crippen LogP contribution in [0.15, 0.2) is 0 Å². The molecule has 0 saturated heterocycles. The molecule has 0 aliphatic heterocycles. The summed E-state index contributed by atoms with van der Waals surface area (Å²) in [6, 6.07) is 0. The van der Waals surface area contributed by atoms with Crippen molar-refractivity contribution in [1.82, 2.24) is 0 Å². The summed E-state index contributed by atoms with van der Waals surface area (Å²) >= 11 is 1.55. The second-order valence-corrected chi connectivity index (χ2v) is 5.39. The molecular weight excluding hydrogens is 222 g/mol. The Hall–Kier alpha value is -1.03. The van der Waals surface area contributed by atoms with Crippen molar-refractivity contribution in [2.45, 2.75) is 32.6 Å². The molecule has 1 aromatic heterocycles. The third-order valence-corrected chi connectivity index (χ3v) is 4.48. The first-order chi connectivity index (χ1) is 7.67. The molecule has 4 heteroatoms. The zero-order chi connectivity index (χ0) is 11.7. The van der Waals surface area contributed by atoms with Crippen molar-refractivity contribution in [2.75, 3.05) is 12.8 Å². The Bertz CT molecular complexity index is 411. The minimum atomic E-state index is -0.285. The van der Waals surface area contributed by atoms with Crippen molar-refractivity contribution >= 4 is 22.3 Å². The van der Waals surface area contributed by atoms with Gasteiger partial charge in [-0.25, -0.2) is 4.79 Å². The zero-order valence-electron chi connectivity index (χ0n) is 9.71. The molecule has 1 unspecified atom stereocenters. The lowest BCUT2D eigenvalue weighted by Crippen LogP contribution is -2.15. The number of carbonyl (C=O) groups excluding carboxylic acids is 1. The first-order valence-corrected chi connectivity index (χ1v) is 6.47. The Morgan fingerprint density at radius 2 is 2.38 bits per heavy atom. The van der Waals surface area contributed by atoms with Crippen LogP contribution in [0.3, 0.4) is 0 Å². The molecule has 0 radical (unpaired) electrons. The van der Waals surface area contributed by atoms with E-state index in [1.54, 1.807) is 11.3 Å². The average molecular weight is 239 g/mol. The van der Waals surface area contributed by atoms with Crippen LogP contribution in [-0.2, 0) is 17.6 Å². The van der Waals surface area contributed by atoms with Crippen molar-refractivity contribution < 1.29 is 9.53 Å².